The van der Waals surface area contributed by atoms with E-state index in [0.717, 1.165) is 25.9 Å². The van der Waals surface area contributed by atoms with E-state index >= 15 is 0 Å². The molecule has 17 heavy (non-hydrogen) atoms. The average molecular weight is 244 g/mol. The third-order valence-electron chi connectivity index (χ3n) is 2.74. The van der Waals surface area contributed by atoms with Gasteiger partial charge >= 0.3 is 0 Å². The zero-order chi connectivity index (χ0) is 12.7. The first kappa shape index (κ1) is 13.7. The maximum atomic E-state index is 11.3. The molecule has 1 fully saturated rings. The van der Waals surface area contributed by atoms with Gasteiger partial charge in [0.1, 0.15) is 6.61 Å². The van der Waals surface area contributed by atoms with E-state index < -0.39 is 0 Å². The van der Waals surface area contributed by atoms with Crippen LogP contribution in [0.3, 0.4) is 0 Å². The zero-order valence-corrected chi connectivity index (χ0v) is 10.1. The summed E-state index contributed by atoms with van der Waals surface area (Å²) in [5.74, 6) is 0.134. The van der Waals surface area contributed by atoms with E-state index in [1.54, 1.807) is 0 Å². The molecular formula is C10H20N4O3. The number of amides is 1. The molecular weight excluding hydrogens is 224 g/mol. The lowest BCUT2D eigenvalue weighted by atomic mass is 10.1. The maximum absolute atomic E-state index is 11.3. The van der Waals surface area contributed by atoms with Gasteiger partial charge in [-0.15, -0.1) is 0 Å². The summed E-state index contributed by atoms with van der Waals surface area (Å²) >= 11 is 0. The summed E-state index contributed by atoms with van der Waals surface area (Å²) in [6.45, 7) is 2.22. The van der Waals surface area contributed by atoms with Crippen LogP contribution in [0.1, 0.15) is 12.8 Å². The van der Waals surface area contributed by atoms with E-state index in [4.69, 9.17) is 15.7 Å². The van der Waals surface area contributed by atoms with E-state index in [-0.39, 0.29) is 24.4 Å². The number of nitrogens with one attached hydrogen (secondary N) is 1. The second kappa shape index (κ2) is 7.08. The molecule has 7 nitrogen and oxygen atoms in total. The quantitative estimate of drug-likeness (QED) is 0.248. The SMILES string of the molecule is COCC(=O)NC1CCN(C/C(N)=N/O)CC1. The van der Waals surface area contributed by atoms with Crippen molar-refractivity contribution in [2.45, 2.75) is 18.9 Å². The summed E-state index contributed by atoms with van der Waals surface area (Å²) in [4.78, 5) is 13.4. The second-order valence-corrected chi connectivity index (χ2v) is 4.14. The highest BCUT2D eigenvalue weighted by atomic mass is 16.5. The Labute approximate surface area is 101 Å². The van der Waals surface area contributed by atoms with Gasteiger partial charge < -0.3 is 21.0 Å². The number of piperidine rings is 1. The topological polar surface area (TPSA) is 100 Å². The highest BCUT2D eigenvalue weighted by Crippen LogP contribution is 2.09. The zero-order valence-electron chi connectivity index (χ0n) is 10.1. The molecule has 0 aromatic rings. The lowest BCUT2D eigenvalue weighted by Gasteiger charge is -2.31. The normalized spacial score (nSPS) is 19.2. The molecule has 0 atom stereocenters. The van der Waals surface area contributed by atoms with Gasteiger partial charge in [0.15, 0.2) is 5.84 Å². The van der Waals surface area contributed by atoms with Crippen molar-refractivity contribution in [3.05, 3.63) is 0 Å². The molecule has 0 aromatic heterocycles. The van der Waals surface area contributed by atoms with Crippen LogP contribution in [0.25, 0.3) is 0 Å². The van der Waals surface area contributed by atoms with Crippen LogP contribution in [-0.4, -0.2) is 61.2 Å². The number of nitrogens with two attached hydrogens (primary N) is 1. The van der Waals surface area contributed by atoms with Crippen LogP contribution in [0.4, 0.5) is 0 Å². The number of carbonyl (C=O) groups excluding carboxylic acids is 1. The first-order valence-corrected chi connectivity index (χ1v) is 5.62. The van der Waals surface area contributed by atoms with Crippen molar-refractivity contribution in [3.8, 4) is 0 Å². The average Bonchev–Trinajstić information content (AvgIpc) is 2.32. The molecule has 1 saturated heterocycles. The summed E-state index contributed by atoms with van der Waals surface area (Å²) in [6.07, 6.45) is 1.74. The number of carbonyl (C=O) groups is 1. The summed E-state index contributed by atoms with van der Waals surface area (Å²) in [7, 11) is 1.50. The minimum Gasteiger partial charge on any atom is -0.409 e. The summed E-state index contributed by atoms with van der Waals surface area (Å²) in [5, 5.41) is 14.3. The lowest BCUT2D eigenvalue weighted by molar-refractivity contribution is -0.125. The smallest absolute Gasteiger partial charge is 0.246 e. The summed E-state index contributed by atoms with van der Waals surface area (Å²) in [5.41, 5.74) is 5.43. The summed E-state index contributed by atoms with van der Waals surface area (Å²) in [6, 6.07) is 0.196. The number of hydrogen-bond donors (Lipinski definition) is 3. The predicted molar refractivity (Wildman–Crippen MR) is 62.9 cm³/mol. The van der Waals surface area contributed by atoms with Gasteiger partial charge in [-0.25, -0.2) is 0 Å². The highest BCUT2D eigenvalue weighted by molar-refractivity contribution is 5.81. The van der Waals surface area contributed by atoms with Gasteiger partial charge in [-0.05, 0) is 12.8 Å². The molecule has 1 rings (SSSR count). The second-order valence-electron chi connectivity index (χ2n) is 4.14. The van der Waals surface area contributed by atoms with Crippen LogP contribution in [0.5, 0.6) is 0 Å². The Kier molecular flexibility index (Phi) is 5.71. The van der Waals surface area contributed by atoms with Gasteiger partial charge in [0.25, 0.3) is 0 Å². The molecule has 98 valence electrons. The minimum atomic E-state index is -0.0811. The Morgan fingerprint density at radius 2 is 2.24 bits per heavy atom. The van der Waals surface area contributed by atoms with Crippen LogP contribution >= 0.6 is 0 Å². The van der Waals surface area contributed by atoms with E-state index in [9.17, 15) is 4.79 Å². The monoisotopic (exact) mass is 244 g/mol. The number of ether oxygens (including phenoxy) is 1. The third-order valence-corrected chi connectivity index (χ3v) is 2.74. The Morgan fingerprint density at radius 3 is 2.76 bits per heavy atom. The van der Waals surface area contributed by atoms with Gasteiger partial charge in [0, 0.05) is 26.2 Å². The van der Waals surface area contributed by atoms with Crippen molar-refractivity contribution < 1.29 is 14.7 Å². The molecule has 4 N–H and O–H groups in total. The largest absolute Gasteiger partial charge is 0.409 e. The minimum absolute atomic E-state index is 0.0811. The molecule has 0 spiro atoms. The Hall–Kier alpha value is -1.34. The first-order valence-electron chi connectivity index (χ1n) is 5.62. The summed E-state index contributed by atoms with van der Waals surface area (Å²) < 4.78 is 4.75. The molecule has 0 aromatic carbocycles. The number of methoxy groups -OCH3 is 1. The standard InChI is InChI=1S/C10H20N4O3/c1-17-7-10(15)12-8-2-4-14(5-3-8)6-9(11)13-16/h8,16H,2-7H2,1H3,(H2,11,13)(H,12,15). The van der Waals surface area contributed by atoms with Gasteiger partial charge in [0.2, 0.25) is 5.91 Å². The van der Waals surface area contributed by atoms with Crippen molar-refractivity contribution in [2.75, 3.05) is 33.4 Å². The van der Waals surface area contributed by atoms with Crippen LogP contribution in [0.15, 0.2) is 5.16 Å². The molecule has 1 aliphatic heterocycles. The number of likely N-dealkylation sites (tertiary alicyclic amines) is 1. The van der Waals surface area contributed by atoms with Crippen LogP contribution < -0.4 is 11.1 Å². The Bertz CT molecular complexity index is 275. The van der Waals surface area contributed by atoms with Gasteiger partial charge in [0.05, 0.1) is 6.54 Å². The molecule has 0 unspecified atom stereocenters. The fraction of sp³-hybridized carbons (Fsp3) is 0.800. The first-order chi connectivity index (χ1) is 8.15. The third kappa shape index (κ3) is 5.01. The molecule has 0 radical (unpaired) electrons. The number of oxime groups is 1. The maximum Gasteiger partial charge on any atom is 0.246 e. The van der Waals surface area contributed by atoms with Gasteiger partial charge in [-0.2, -0.15) is 0 Å². The molecule has 0 aliphatic carbocycles. The van der Waals surface area contributed by atoms with Crippen molar-refractivity contribution in [1.82, 2.24) is 10.2 Å². The van der Waals surface area contributed by atoms with E-state index in [1.807, 2.05) is 0 Å². The lowest BCUT2D eigenvalue weighted by Crippen LogP contribution is -2.47. The molecule has 1 amide bonds. The molecule has 1 heterocycles. The Morgan fingerprint density at radius 1 is 1.59 bits per heavy atom. The number of rotatable bonds is 5. The fourth-order valence-corrected chi connectivity index (χ4v) is 1.90. The van der Waals surface area contributed by atoms with Crippen molar-refractivity contribution in [2.24, 2.45) is 10.9 Å². The highest BCUT2D eigenvalue weighted by Gasteiger charge is 2.20. The van der Waals surface area contributed by atoms with E-state index in [2.05, 4.69) is 15.4 Å². The van der Waals surface area contributed by atoms with Crippen molar-refractivity contribution in [1.29, 1.82) is 0 Å². The number of nitrogens with zero attached hydrogens (tertiary/aromatic N) is 2. The molecule has 1 aliphatic rings. The van der Waals surface area contributed by atoms with E-state index in [0.29, 0.717) is 6.54 Å². The van der Waals surface area contributed by atoms with Crippen molar-refractivity contribution >= 4 is 11.7 Å². The van der Waals surface area contributed by atoms with Gasteiger partial charge in [-0.1, -0.05) is 5.16 Å². The van der Waals surface area contributed by atoms with Crippen molar-refractivity contribution in [3.63, 3.8) is 0 Å². The number of hydrogen-bond acceptors (Lipinski definition) is 5. The van der Waals surface area contributed by atoms with Crippen LogP contribution in [0.2, 0.25) is 0 Å². The predicted octanol–water partition coefficient (Wildman–Crippen LogP) is -1.04. The van der Waals surface area contributed by atoms with Gasteiger partial charge in [-0.3, -0.25) is 9.69 Å². The fourth-order valence-electron chi connectivity index (χ4n) is 1.90. The molecule has 0 bridgehead atoms. The molecule has 7 heteroatoms. The number of amidine groups is 1. The molecule has 0 saturated carbocycles. The Balaban J connectivity index is 2.24. The van der Waals surface area contributed by atoms with Crippen LogP contribution in [0, 0.1) is 0 Å². The van der Waals surface area contributed by atoms with E-state index in [1.165, 1.54) is 7.11 Å². The van der Waals surface area contributed by atoms with Crippen LogP contribution in [-0.2, 0) is 9.53 Å².